The fourth-order valence-electron chi connectivity index (χ4n) is 2.29. The Morgan fingerprint density at radius 3 is 2.81 bits per heavy atom. The predicted molar refractivity (Wildman–Crippen MR) is 84.9 cm³/mol. The SMILES string of the molecule is COc1ccc(CC(=O)c2coc3ccccc23)cc1Br. The molecule has 0 aliphatic heterocycles. The van der Waals surface area contributed by atoms with Crippen molar-refractivity contribution in [3.05, 3.63) is 64.3 Å². The first-order chi connectivity index (χ1) is 10.2. The van der Waals surface area contributed by atoms with E-state index in [9.17, 15) is 4.79 Å². The molecule has 0 saturated heterocycles. The largest absolute Gasteiger partial charge is 0.496 e. The molecule has 1 aromatic heterocycles. The number of ether oxygens (including phenoxy) is 1. The molecular formula is C17H13BrO3. The van der Waals surface area contributed by atoms with Crippen LogP contribution < -0.4 is 4.74 Å². The molecule has 0 radical (unpaired) electrons. The normalized spacial score (nSPS) is 10.8. The van der Waals surface area contributed by atoms with Gasteiger partial charge in [-0.25, -0.2) is 0 Å². The van der Waals surface area contributed by atoms with Gasteiger partial charge in [-0.05, 0) is 39.7 Å². The molecule has 1 heterocycles. The second kappa shape index (κ2) is 5.74. The molecule has 0 aliphatic rings. The van der Waals surface area contributed by atoms with Gasteiger partial charge in [0, 0.05) is 11.8 Å². The van der Waals surface area contributed by atoms with Crippen molar-refractivity contribution in [2.75, 3.05) is 7.11 Å². The molecule has 3 nitrogen and oxygen atoms in total. The van der Waals surface area contributed by atoms with Crippen molar-refractivity contribution in [2.24, 2.45) is 0 Å². The number of halogens is 1. The van der Waals surface area contributed by atoms with E-state index in [0.717, 1.165) is 26.8 Å². The van der Waals surface area contributed by atoms with Crippen molar-refractivity contribution < 1.29 is 13.9 Å². The molecule has 0 aliphatic carbocycles. The summed E-state index contributed by atoms with van der Waals surface area (Å²) >= 11 is 3.43. The molecule has 0 unspecified atom stereocenters. The molecule has 0 bridgehead atoms. The van der Waals surface area contributed by atoms with E-state index in [-0.39, 0.29) is 5.78 Å². The van der Waals surface area contributed by atoms with Gasteiger partial charge in [0.1, 0.15) is 17.6 Å². The van der Waals surface area contributed by atoms with Crippen molar-refractivity contribution >= 4 is 32.7 Å². The van der Waals surface area contributed by atoms with Gasteiger partial charge in [-0.15, -0.1) is 0 Å². The number of hydrogen-bond acceptors (Lipinski definition) is 3. The summed E-state index contributed by atoms with van der Waals surface area (Å²) in [5.74, 6) is 0.789. The van der Waals surface area contributed by atoms with E-state index in [1.165, 1.54) is 6.26 Å². The predicted octanol–water partition coefficient (Wildman–Crippen LogP) is 4.63. The Bertz CT molecular complexity index is 805. The number of carbonyl (C=O) groups is 1. The van der Waals surface area contributed by atoms with Gasteiger partial charge < -0.3 is 9.15 Å². The fraction of sp³-hybridized carbons (Fsp3) is 0.118. The number of methoxy groups -OCH3 is 1. The Hall–Kier alpha value is -2.07. The van der Waals surface area contributed by atoms with Gasteiger partial charge in [0.05, 0.1) is 17.1 Å². The molecule has 0 fully saturated rings. The van der Waals surface area contributed by atoms with E-state index in [1.807, 2.05) is 42.5 Å². The van der Waals surface area contributed by atoms with E-state index in [0.29, 0.717) is 12.0 Å². The van der Waals surface area contributed by atoms with Crippen molar-refractivity contribution in [2.45, 2.75) is 6.42 Å². The van der Waals surface area contributed by atoms with Crippen LogP contribution >= 0.6 is 15.9 Å². The third-order valence-electron chi connectivity index (χ3n) is 3.36. The molecule has 0 N–H and O–H groups in total. The van der Waals surface area contributed by atoms with Crippen LogP contribution in [0.2, 0.25) is 0 Å². The van der Waals surface area contributed by atoms with Gasteiger partial charge >= 0.3 is 0 Å². The second-order valence-corrected chi connectivity index (χ2v) is 5.57. The third-order valence-corrected chi connectivity index (χ3v) is 3.98. The van der Waals surface area contributed by atoms with Gasteiger partial charge in [-0.2, -0.15) is 0 Å². The number of benzene rings is 2. The molecular weight excluding hydrogens is 332 g/mol. The van der Waals surface area contributed by atoms with Crippen LogP contribution in [0.4, 0.5) is 0 Å². The standard InChI is InChI=1S/C17H13BrO3/c1-20-17-7-6-11(8-14(17)18)9-15(19)13-10-21-16-5-3-2-4-12(13)16/h2-8,10H,9H2,1H3. The quantitative estimate of drug-likeness (QED) is 0.647. The molecule has 3 aromatic rings. The van der Waals surface area contributed by atoms with E-state index >= 15 is 0 Å². The highest BCUT2D eigenvalue weighted by Gasteiger charge is 2.14. The van der Waals surface area contributed by atoms with Crippen molar-refractivity contribution in [1.29, 1.82) is 0 Å². The van der Waals surface area contributed by atoms with Crippen molar-refractivity contribution in [1.82, 2.24) is 0 Å². The summed E-state index contributed by atoms with van der Waals surface area (Å²) in [6, 6.07) is 13.2. The molecule has 106 valence electrons. The van der Waals surface area contributed by atoms with Crippen LogP contribution in [0.15, 0.2) is 57.6 Å². The Balaban J connectivity index is 1.88. The van der Waals surface area contributed by atoms with Gasteiger partial charge in [0.25, 0.3) is 0 Å². The first kappa shape index (κ1) is 13.9. The smallest absolute Gasteiger partial charge is 0.171 e. The number of ketones is 1. The molecule has 0 saturated carbocycles. The zero-order valence-electron chi connectivity index (χ0n) is 11.4. The van der Waals surface area contributed by atoms with E-state index in [4.69, 9.17) is 9.15 Å². The molecule has 0 atom stereocenters. The van der Waals surface area contributed by atoms with Crippen LogP contribution in [0, 0.1) is 0 Å². The maximum absolute atomic E-state index is 12.4. The van der Waals surface area contributed by atoms with Gasteiger partial charge in [-0.1, -0.05) is 24.3 Å². The number of fused-ring (bicyclic) bond motifs is 1. The first-order valence-electron chi connectivity index (χ1n) is 6.51. The van der Waals surface area contributed by atoms with E-state index in [1.54, 1.807) is 7.11 Å². The monoisotopic (exact) mass is 344 g/mol. The van der Waals surface area contributed by atoms with Crippen LogP contribution in [0.3, 0.4) is 0 Å². The minimum Gasteiger partial charge on any atom is -0.496 e. The average molecular weight is 345 g/mol. The zero-order valence-corrected chi connectivity index (χ0v) is 13.0. The Morgan fingerprint density at radius 1 is 1.24 bits per heavy atom. The third kappa shape index (κ3) is 2.72. The summed E-state index contributed by atoms with van der Waals surface area (Å²) in [6.07, 6.45) is 1.86. The van der Waals surface area contributed by atoms with Crippen LogP contribution in [0.5, 0.6) is 5.75 Å². The van der Waals surface area contributed by atoms with Gasteiger partial charge in [0.15, 0.2) is 5.78 Å². The molecule has 2 aromatic carbocycles. The molecule has 0 amide bonds. The average Bonchev–Trinajstić information content (AvgIpc) is 2.91. The van der Waals surface area contributed by atoms with Crippen LogP contribution in [-0.4, -0.2) is 12.9 Å². The van der Waals surface area contributed by atoms with Crippen molar-refractivity contribution in [3.8, 4) is 5.75 Å². The summed E-state index contributed by atoms with van der Waals surface area (Å²) in [6.45, 7) is 0. The number of hydrogen-bond donors (Lipinski definition) is 0. The van der Waals surface area contributed by atoms with Crippen LogP contribution in [0.1, 0.15) is 15.9 Å². The lowest BCUT2D eigenvalue weighted by molar-refractivity contribution is 0.0993. The van der Waals surface area contributed by atoms with Crippen molar-refractivity contribution in [3.63, 3.8) is 0 Å². The summed E-state index contributed by atoms with van der Waals surface area (Å²) in [4.78, 5) is 12.4. The fourth-order valence-corrected chi connectivity index (χ4v) is 2.88. The second-order valence-electron chi connectivity index (χ2n) is 4.71. The lowest BCUT2D eigenvalue weighted by Gasteiger charge is -2.05. The summed E-state index contributed by atoms with van der Waals surface area (Å²) in [7, 11) is 1.61. The first-order valence-corrected chi connectivity index (χ1v) is 7.30. The lowest BCUT2D eigenvalue weighted by atomic mass is 10.0. The minimum atomic E-state index is 0.0389. The highest BCUT2D eigenvalue weighted by molar-refractivity contribution is 9.10. The Morgan fingerprint density at radius 2 is 2.05 bits per heavy atom. The number of para-hydroxylation sites is 1. The highest BCUT2D eigenvalue weighted by atomic mass is 79.9. The molecule has 0 spiro atoms. The maximum atomic E-state index is 12.4. The molecule has 3 rings (SSSR count). The summed E-state index contributed by atoms with van der Waals surface area (Å²) in [5.41, 5.74) is 2.28. The van der Waals surface area contributed by atoms with Gasteiger partial charge in [-0.3, -0.25) is 4.79 Å². The van der Waals surface area contributed by atoms with E-state index < -0.39 is 0 Å². The highest BCUT2D eigenvalue weighted by Crippen LogP contribution is 2.27. The summed E-state index contributed by atoms with van der Waals surface area (Å²) < 4.78 is 11.4. The van der Waals surface area contributed by atoms with E-state index in [2.05, 4.69) is 15.9 Å². The molecule has 4 heteroatoms. The lowest BCUT2D eigenvalue weighted by Crippen LogP contribution is -2.02. The van der Waals surface area contributed by atoms with Crippen LogP contribution in [0.25, 0.3) is 11.0 Å². The number of Topliss-reactive ketones (excluding diaryl/α,β-unsaturated/α-hetero) is 1. The maximum Gasteiger partial charge on any atom is 0.171 e. The van der Waals surface area contributed by atoms with Gasteiger partial charge in [0.2, 0.25) is 0 Å². The topological polar surface area (TPSA) is 39.4 Å². The number of rotatable bonds is 4. The number of furan rings is 1. The number of carbonyl (C=O) groups excluding carboxylic acids is 1. The minimum absolute atomic E-state index is 0.0389. The summed E-state index contributed by atoms with van der Waals surface area (Å²) in [5, 5.41) is 0.857. The zero-order chi connectivity index (χ0) is 14.8. The Kier molecular flexibility index (Phi) is 3.80. The Labute approximate surface area is 130 Å². The molecule has 21 heavy (non-hydrogen) atoms. The van der Waals surface area contributed by atoms with Crippen LogP contribution in [-0.2, 0) is 6.42 Å².